The molecule has 0 N–H and O–H groups in total. The van der Waals surface area contributed by atoms with Gasteiger partial charge in [-0.1, -0.05) is 0 Å². The lowest BCUT2D eigenvalue weighted by molar-refractivity contribution is 0.000101. The van der Waals surface area contributed by atoms with Crippen LogP contribution in [0.15, 0.2) is 35.2 Å². The van der Waals surface area contributed by atoms with E-state index in [2.05, 4.69) is 5.10 Å². The van der Waals surface area contributed by atoms with Gasteiger partial charge in [-0.25, -0.2) is 0 Å². The Morgan fingerprint density at radius 3 is 3.00 bits per heavy atom. The minimum absolute atomic E-state index is 0.0146. The monoisotopic (exact) mass is 333 g/mol. The molecule has 0 radical (unpaired) electrons. The first kappa shape index (κ1) is 16.7. The van der Waals surface area contributed by atoms with E-state index >= 15 is 0 Å². The molecule has 24 heavy (non-hydrogen) atoms. The van der Waals surface area contributed by atoms with E-state index in [0.29, 0.717) is 31.9 Å². The van der Waals surface area contributed by atoms with Crippen molar-refractivity contribution in [1.82, 2.24) is 14.7 Å². The van der Waals surface area contributed by atoms with Crippen LogP contribution in [0.5, 0.6) is 0 Å². The summed E-state index contributed by atoms with van der Waals surface area (Å²) in [6.45, 7) is 1.72. The molecule has 1 saturated heterocycles. The second-order valence-electron chi connectivity index (χ2n) is 5.96. The fourth-order valence-corrected chi connectivity index (χ4v) is 3.16. The summed E-state index contributed by atoms with van der Waals surface area (Å²) in [5, 5.41) is 4.21. The maximum Gasteiger partial charge on any atom is 0.289 e. The molecule has 0 aromatic carbocycles. The molecule has 3 heterocycles. The summed E-state index contributed by atoms with van der Waals surface area (Å²) in [5.74, 6) is 0.274. The first-order valence-corrected chi connectivity index (χ1v) is 8.11. The van der Waals surface area contributed by atoms with Crippen LogP contribution in [0.1, 0.15) is 22.5 Å². The first-order valence-electron chi connectivity index (χ1n) is 8.11. The third-order valence-corrected chi connectivity index (χ3v) is 4.30. The fraction of sp³-hybridized carbons (Fsp3) is 0.529. The van der Waals surface area contributed by atoms with Crippen molar-refractivity contribution >= 4 is 5.91 Å². The number of carbonyl (C=O) groups is 1. The van der Waals surface area contributed by atoms with Gasteiger partial charge in [-0.3, -0.25) is 9.48 Å². The first-order chi connectivity index (χ1) is 11.7. The van der Waals surface area contributed by atoms with Crippen molar-refractivity contribution in [2.75, 3.05) is 26.9 Å². The van der Waals surface area contributed by atoms with Crippen molar-refractivity contribution in [2.45, 2.75) is 25.0 Å². The summed E-state index contributed by atoms with van der Waals surface area (Å²) in [5.41, 5.74) is 1.09. The van der Waals surface area contributed by atoms with Crippen LogP contribution in [-0.2, 0) is 22.9 Å². The summed E-state index contributed by atoms with van der Waals surface area (Å²) in [6, 6.07) is 3.39. The van der Waals surface area contributed by atoms with Gasteiger partial charge in [-0.2, -0.15) is 5.10 Å². The smallest absolute Gasteiger partial charge is 0.289 e. The van der Waals surface area contributed by atoms with Crippen molar-refractivity contribution < 1.29 is 18.7 Å². The molecule has 2 atom stereocenters. The van der Waals surface area contributed by atoms with Gasteiger partial charge < -0.3 is 18.8 Å². The molecule has 130 valence electrons. The van der Waals surface area contributed by atoms with Crippen LogP contribution in [0, 0.1) is 0 Å². The predicted octanol–water partition coefficient (Wildman–Crippen LogP) is 1.50. The molecule has 3 rings (SSSR count). The molecule has 0 unspecified atom stereocenters. The maximum atomic E-state index is 12.7. The average Bonchev–Trinajstić information content (AvgIpc) is 3.30. The van der Waals surface area contributed by atoms with E-state index in [1.165, 1.54) is 6.26 Å². The number of likely N-dealkylation sites (tertiary alicyclic amines) is 1. The van der Waals surface area contributed by atoms with Crippen molar-refractivity contribution in [1.29, 1.82) is 0 Å². The van der Waals surface area contributed by atoms with Crippen LogP contribution >= 0.6 is 0 Å². The van der Waals surface area contributed by atoms with Gasteiger partial charge in [0.1, 0.15) is 0 Å². The molecule has 0 spiro atoms. The van der Waals surface area contributed by atoms with Gasteiger partial charge in [0, 0.05) is 26.9 Å². The van der Waals surface area contributed by atoms with Gasteiger partial charge in [0.15, 0.2) is 5.76 Å². The van der Waals surface area contributed by atoms with E-state index in [1.807, 2.05) is 24.3 Å². The summed E-state index contributed by atoms with van der Waals surface area (Å²) >= 11 is 0. The minimum Gasteiger partial charge on any atom is -0.459 e. The Labute approximate surface area is 141 Å². The second-order valence-corrected chi connectivity index (χ2v) is 5.96. The number of hydrogen-bond acceptors (Lipinski definition) is 5. The number of rotatable bonds is 7. The quantitative estimate of drug-likeness (QED) is 0.718. The molecule has 0 bridgehead atoms. The Morgan fingerprint density at radius 2 is 2.33 bits per heavy atom. The van der Waals surface area contributed by atoms with Gasteiger partial charge in [0.2, 0.25) is 0 Å². The zero-order valence-electron chi connectivity index (χ0n) is 14.1. The predicted molar refractivity (Wildman–Crippen MR) is 86.7 cm³/mol. The molecule has 0 saturated carbocycles. The Bertz CT molecular complexity index is 653. The zero-order chi connectivity index (χ0) is 16.9. The van der Waals surface area contributed by atoms with Crippen LogP contribution in [0.3, 0.4) is 0 Å². The molecule has 0 aliphatic carbocycles. The maximum absolute atomic E-state index is 12.7. The Balaban J connectivity index is 1.75. The van der Waals surface area contributed by atoms with Crippen LogP contribution < -0.4 is 0 Å². The van der Waals surface area contributed by atoms with E-state index in [1.54, 1.807) is 23.9 Å². The van der Waals surface area contributed by atoms with Crippen LogP contribution in [0.25, 0.3) is 0 Å². The van der Waals surface area contributed by atoms with Crippen LogP contribution in [0.2, 0.25) is 0 Å². The highest BCUT2D eigenvalue weighted by Gasteiger charge is 2.39. The fourth-order valence-electron chi connectivity index (χ4n) is 3.16. The Kier molecular flexibility index (Phi) is 5.32. The van der Waals surface area contributed by atoms with E-state index in [0.717, 1.165) is 12.0 Å². The summed E-state index contributed by atoms with van der Waals surface area (Å²) < 4.78 is 18.1. The number of aryl methyl sites for hydroxylation is 1. The zero-order valence-corrected chi connectivity index (χ0v) is 14.1. The van der Waals surface area contributed by atoms with Crippen molar-refractivity contribution in [2.24, 2.45) is 7.05 Å². The number of nitrogens with zero attached hydrogens (tertiary/aromatic N) is 3. The van der Waals surface area contributed by atoms with Crippen molar-refractivity contribution in [3.05, 3.63) is 42.1 Å². The van der Waals surface area contributed by atoms with E-state index in [9.17, 15) is 4.79 Å². The van der Waals surface area contributed by atoms with Crippen LogP contribution in [0.4, 0.5) is 0 Å². The van der Waals surface area contributed by atoms with E-state index in [4.69, 9.17) is 13.9 Å². The van der Waals surface area contributed by atoms with Crippen molar-refractivity contribution in [3.63, 3.8) is 0 Å². The molecular formula is C17H23N3O4. The lowest BCUT2D eigenvalue weighted by Crippen LogP contribution is -2.42. The van der Waals surface area contributed by atoms with Gasteiger partial charge in [-0.15, -0.1) is 0 Å². The molecule has 1 aliphatic rings. The van der Waals surface area contributed by atoms with Gasteiger partial charge in [0.05, 0.1) is 37.8 Å². The summed E-state index contributed by atoms with van der Waals surface area (Å²) in [4.78, 5) is 14.6. The SMILES string of the molecule is COCCO[C@H]1CCN(C(=O)c2ccco2)[C@@H]1Cc1cnn(C)c1. The molecule has 7 nitrogen and oxygen atoms in total. The molecule has 1 amide bonds. The Morgan fingerprint density at radius 1 is 1.46 bits per heavy atom. The number of aromatic nitrogens is 2. The summed E-state index contributed by atoms with van der Waals surface area (Å²) in [7, 11) is 3.54. The van der Waals surface area contributed by atoms with Gasteiger partial charge in [0.25, 0.3) is 5.91 Å². The number of furan rings is 1. The highest BCUT2D eigenvalue weighted by atomic mass is 16.5. The highest BCUT2D eigenvalue weighted by Crippen LogP contribution is 2.26. The lowest BCUT2D eigenvalue weighted by Gasteiger charge is -2.27. The number of ether oxygens (including phenoxy) is 2. The molecular weight excluding hydrogens is 310 g/mol. The average molecular weight is 333 g/mol. The number of carbonyl (C=O) groups excluding carboxylic acids is 1. The third-order valence-electron chi connectivity index (χ3n) is 4.30. The largest absolute Gasteiger partial charge is 0.459 e. The minimum atomic E-state index is -0.0910. The third kappa shape index (κ3) is 3.68. The van der Waals surface area contributed by atoms with Gasteiger partial charge >= 0.3 is 0 Å². The molecule has 1 fully saturated rings. The topological polar surface area (TPSA) is 69.7 Å². The van der Waals surface area contributed by atoms with Gasteiger partial charge in [-0.05, 0) is 30.5 Å². The summed E-state index contributed by atoms with van der Waals surface area (Å²) in [6.07, 6.45) is 6.82. The molecule has 7 heteroatoms. The highest BCUT2D eigenvalue weighted by molar-refractivity contribution is 5.92. The number of hydrogen-bond donors (Lipinski definition) is 0. The van der Waals surface area contributed by atoms with Crippen LogP contribution in [-0.4, -0.2) is 59.6 Å². The standard InChI is InChI=1S/C17H23N3O4/c1-19-12-13(11-18-19)10-14-15(24-9-8-22-2)5-6-20(14)17(21)16-4-3-7-23-16/h3-4,7,11-12,14-15H,5-6,8-10H2,1-2H3/t14-,15+/m1/s1. The normalized spacial score (nSPS) is 20.7. The second kappa shape index (κ2) is 7.63. The Hall–Kier alpha value is -2.12. The number of methoxy groups -OCH3 is 1. The van der Waals surface area contributed by atoms with E-state index in [-0.39, 0.29) is 18.1 Å². The molecule has 2 aromatic heterocycles. The molecule has 1 aliphatic heterocycles. The number of amides is 1. The lowest BCUT2D eigenvalue weighted by atomic mass is 10.0. The van der Waals surface area contributed by atoms with E-state index < -0.39 is 0 Å². The molecule has 2 aromatic rings. The van der Waals surface area contributed by atoms with Crippen molar-refractivity contribution in [3.8, 4) is 0 Å².